The lowest BCUT2D eigenvalue weighted by molar-refractivity contribution is -0.138. The summed E-state index contributed by atoms with van der Waals surface area (Å²) in [6.45, 7) is 0.643. The van der Waals surface area contributed by atoms with E-state index in [-0.39, 0.29) is 5.56 Å². The number of nitrogens with zero attached hydrogens (tertiary/aromatic N) is 3. The zero-order chi connectivity index (χ0) is 17.4. The summed E-state index contributed by atoms with van der Waals surface area (Å²) in [5.41, 5.74) is -1.23. The monoisotopic (exact) mass is 360 g/mol. The normalized spacial score (nSPS) is 18.4. The van der Waals surface area contributed by atoms with Gasteiger partial charge in [-0.2, -0.15) is 18.3 Å². The molecule has 0 fully saturated rings. The fraction of sp³-hybridized carbons (Fsp3) is 0.429. The lowest BCUT2D eigenvalue weighted by atomic mass is 10.1. The van der Waals surface area contributed by atoms with E-state index in [0.29, 0.717) is 25.2 Å². The molecule has 1 aliphatic rings. The predicted octanol–water partition coefficient (Wildman–Crippen LogP) is 2.25. The lowest BCUT2D eigenvalue weighted by Crippen LogP contribution is -2.34. The first-order valence-corrected chi connectivity index (χ1v) is 8.94. The molecule has 0 aliphatic carbocycles. The van der Waals surface area contributed by atoms with Crippen LogP contribution in [0.3, 0.4) is 0 Å². The Bertz CT molecular complexity index is 833. The van der Waals surface area contributed by atoms with Crippen molar-refractivity contribution in [3.63, 3.8) is 0 Å². The molecule has 1 aromatic heterocycles. The molecule has 1 unspecified atom stereocenters. The van der Waals surface area contributed by atoms with Crippen molar-refractivity contribution < 1.29 is 21.6 Å². The zero-order valence-corrected chi connectivity index (χ0v) is 13.3. The number of benzene rings is 1. The van der Waals surface area contributed by atoms with E-state index in [1.54, 1.807) is 4.68 Å². The Morgan fingerprint density at radius 1 is 1.29 bits per heavy atom. The van der Waals surface area contributed by atoms with E-state index >= 15 is 0 Å². The maximum Gasteiger partial charge on any atom is 0.416 e. The van der Waals surface area contributed by atoms with Gasteiger partial charge < -0.3 is 0 Å². The molecular weight excluding hydrogens is 345 g/mol. The van der Waals surface area contributed by atoms with Gasteiger partial charge in [-0.05, 0) is 24.5 Å². The van der Waals surface area contributed by atoms with Crippen LogP contribution in [0.4, 0.5) is 13.2 Å². The highest BCUT2D eigenvalue weighted by atomic mass is 32.2. The van der Waals surface area contributed by atoms with Crippen molar-refractivity contribution >= 4 is 10.0 Å². The molecule has 6 nitrogen and oxygen atoms in total. The molecule has 0 amide bonds. The van der Waals surface area contributed by atoms with Crippen molar-refractivity contribution in [2.45, 2.75) is 37.4 Å². The van der Waals surface area contributed by atoms with Gasteiger partial charge in [-0.25, -0.2) is 22.8 Å². The Balaban J connectivity index is 1.82. The first-order chi connectivity index (χ1) is 11.3. The van der Waals surface area contributed by atoms with E-state index in [1.165, 1.54) is 24.5 Å². The van der Waals surface area contributed by atoms with Crippen LogP contribution >= 0.6 is 0 Å². The Morgan fingerprint density at radius 2 is 2.04 bits per heavy atom. The average Bonchev–Trinajstić information content (AvgIpc) is 2.95. The molecule has 0 radical (unpaired) electrons. The number of rotatable bonds is 4. The van der Waals surface area contributed by atoms with Crippen molar-refractivity contribution in [3.8, 4) is 0 Å². The van der Waals surface area contributed by atoms with Crippen LogP contribution in [-0.2, 0) is 28.5 Å². The second kappa shape index (κ2) is 6.17. The van der Waals surface area contributed by atoms with E-state index in [0.717, 1.165) is 6.07 Å². The van der Waals surface area contributed by atoms with Crippen molar-refractivity contribution in [2.24, 2.45) is 0 Å². The summed E-state index contributed by atoms with van der Waals surface area (Å²) < 4.78 is 67.7. The van der Waals surface area contributed by atoms with Gasteiger partial charge in [-0.3, -0.25) is 0 Å². The Hall–Kier alpha value is -1.94. The molecule has 24 heavy (non-hydrogen) atoms. The number of nitrogens with one attached hydrogen (secondary N) is 1. The quantitative estimate of drug-likeness (QED) is 0.907. The maximum absolute atomic E-state index is 13.0. The van der Waals surface area contributed by atoms with Gasteiger partial charge >= 0.3 is 6.18 Å². The number of hydrogen-bond donors (Lipinski definition) is 1. The number of sulfonamides is 1. The molecule has 0 saturated heterocycles. The summed E-state index contributed by atoms with van der Waals surface area (Å²) in [6.07, 6.45) is -2.03. The minimum atomic E-state index is -4.60. The number of aryl methyl sites for hydroxylation is 1. The predicted molar refractivity (Wildman–Crippen MR) is 79.2 cm³/mol. The summed E-state index contributed by atoms with van der Waals surface area (Å²) in [4.78, 5) is 4.03. The largest absolute Gasteiger partial charge is 0.416 e. The summed E-state index contributed by atoms with van der Waals surface area (Å²) in [6, 6.07) is 4.09. The van der Waals surface area contributed by atoms with Crippen LogP contribution in [0.2, 0.25) is 0 Å². The highest BCUT2D eigenvalue weighted by Crippen LogP contribution is 2.33. The molecule has 1 aromatic carbocycles. The van der Waals surface area contributed by atoms with Crippen LogP contribution in [0, 0.1) is 0 Å². The van der Waals surface area contributed by atoms with Crippen LogP contribution in [0.1, 0.15) is 35.8 Å². The smallest absolute Gasteiger partial charge is 0.248 e. The number of halogens is 3. The molecule has 1 atom stereocenters. The molecule has 10 heteroatoms. The molecule has 2 aromatic rings. The standard InChI is InChI=1S/C14H15F3N4O2S/c15-14(16,17)11-5-2-1-4-10(11)8-24(22,23)20-12-6-3-7-21-13(12)18-9-19-21/h1-2,4-5,9,12,20H,3,6-8H2. The second-order valence-corrected chi connectivity index (χ2v) is 7.32. The summed E-state index contributed by atoms with van der Waals surface area (Å²) in [7, 11) is -3.97. The lowest BCUT2D eigenvalue weighted by Gasteiger charge is -2.23. The minimum Gasteiger partial charge on any atom is -0.248 e. The molecule has 2 heterocycles. The Morgan fingerprint density at radius 3 is 2.79 bits per heavy atom. The second-order valence-electron chi connectivity index (χ2n) is 5.57. The van der Waals surface area contributed by atoms with Crippen molar-refractivity contribution in [2.75, 3.05) is 0 Å². The summed E-state index contributed by atoms with van der Waals surface area (Å²) in [5, 5.41) is 3.99. The molecule has 3 rings (SSSR count). The molecule has 1 N–H and O–H groups in total. The topological polar surface area (TPSA) is 76.9 Å². The molecular formula is C14H15F3N4O2S. The number of alkyl halides is 3. The van der Waals surface area contributed by atoms with Gasteiger partial charge in [0.05, 0.1) is 17.4 Å². The van der Waals surface area contributed by atoms with Gasteiger partial charge in [0.15, 0.2) is 0 Å². The van der Waals surface area contributed by atoms with Crippen molar-refractivity contribution in [3.05, 3.63) is 47.5 Å². The van der Waals surface area contributed by atoms with Gasteiger partial charge in [0.25, 0.3) is 0 Å². The van der Waals surface area contributed by atoms with Gasteiger partial charge in [0.2, 0.25) is 10.0 Å². The SMILES string of the molecule is O=S(=O)(Cc1ccccc1C(F)(F)F)NC1CCCn2ncnc21. The molecule has 0 saturated carbocycles. The first-order valence-electron chi connectivity index (χ1n) is 7.29. The number of hydrogen-bond acceptors (Lipinski definition) is 4. The Kier molecular flexibility index (Phi) is 4.35. The Labute approximate surface area is 136 Å². The van der Waals surface area contributed by atoms with Gasteiger partial charge in [0.1, 0.15) is 12.2 Å². The third-order valence-electron chi connectivity index (χ3n) is 3.81. The molecule has 0 bridgehead atoms. The van der Waals surface area contributed by atoms with Crippen LogP contribution in [0.15, 0.2) is 30.6 Å². The highest BCUT2D eigenvalue weighted by Gasteiger charge is 2.34. The van der Waals surface area contributed by atoms with Gasteiger partial charge in [0, 0.05) is 6.54 Å². The third kappa shape index (κ3) is 3.59. The molecule has 1 aliphatic heterocycles. The van der Waals surface area contributed by atoms with E-state index in [9.17, 15) is 21.6 Å². The number of aromatic nitrogens is 3. The average molecular weight is 360 g/mol. The fourth-order valence-electron chi connectivity index (χ4n) is 2.79. The van der Waals surface area contributed by atoms with Crippen LogP contribution < -0.4 is 4.72 Å². The summed E-state index contributed by atoms with van der Waals surface area (Å²) in [5.74, 6) is -0.262. The van der Waals surface area contributed by atoms with Gasteiger partial charge in [-0.15, -0.1) is 0 Å². The molecule has 0 spiro atoms. The third-order valence-corrected chi connectivity index (χ3v) is 5.14. The van der Waals surface area contributed by atoms with Crippen LogP contribution in [-0.4, -0.2) is 23.2 Å². The minimum absolute atomic E-state index is 0.283. The van der Waals surface area contributed by atoms with Crippen molar-refractivity contribution in [1.29, 1.82) is 0 Å². The van der Waals surface area contributed by atoms with Gasteiger partial charge in [-0.1, -0.05) is 18.2 Å². The zero-order valence-electron chi connectivity index (χ0n) is 12.5. The van der Waals surface area contributed by atoms with E-state index in [4.69, 9.17) is 0 Å². The first kappa shape index (κ1) is 16.9. The highest BCUT2D eigenvalue weighted by molar-refractivity contribution is 7.88. The number of fused-ring (bicyclic) bond motifs is 1. The van der Waals surface area contributed by atoms with E-state index in [1.807, 2.05) is 0 Å². The fourth-order valence-corrected chi connectivity index (χ4v) is 4.19. The van der Waals surface area contributed by atoms with Crippen LogP contribution in [0.5, 0.6) is 0 Å². The summed E-state index contributed by atoms with van der Waals surface area (Å²) >= 11 is 0. The maximum atomic E-state index is 13.0. The van der Waals surface area contributed by atoms with E-state index < -0.39 is 33.6 Å². The molecule has 130 valence electrons. The van der Waals surface area contributed by atoms with Crippen LogP contribution in [0.25, 0.3) is 0 Å². The van der Waals surface area contributed by atoms with Crippen molar-refractivity contribution in [1.82, 2.24) is 19.5 Å². The van der Waals surface area contributed by atoms with E-state index in [2.05, 4.69) is 14.8 Å².